The zero-order valence-corrected chi connectivity index (χ0v) is 13.0. The fourth-order valence-corrected chi connectivity index (χ4v) is 1.89. The Bertz CT molecular complexity index is 842. The summed E-state index contributed by atoms with van der Waals surface area (Å²) in [5.74, 6) is -0.168. The quantitative estimate of drug-likeness (QED) is 0.214. The third-order valence-corrected chi connectivity index (χ3v) is 2.66. The maximum atomic E-state index is 11.6. The minimum atomic E-state index is -0.618. The van der Waals surface area contributed by atoms with Crippen molar-refractivity contribution in [1.29, 1.82) is 0 Å². The highest BCUT2D eigenvalue weighted by molar-refractivity contribution is 5.95. The molecule has 0 atom stereocenters. The minimum Gasteiger partial charge on any atom is -0.482 e. The Morgan fingerprint density at radius 2 is 2.09 bits per heavy atom. The summed E-state index contributed by atoms with van der Waals surface area (Å²) in [6.07, 6.45) is 2.29. The van der Waals surface area contributed by atoms with E-state index in [9.17, 15) is 9.59 Å². The van der Waals surface area contributed by atoms with E-state index >= 15 is 0 Å². The highest BCUT2D eigenvalue weighted by Crippen LogP contribution is 2.22. The van der Waals surface area contributed by atoms with Crippen molar-refractivity contribution < 1.29 is 23.5 Å². The van der Waals surface area contributed by atoms with Crippen molar-refractivity contribution in [3.8, 4) is 5.75 Å². The molecule has 0 aliphatic carbocycles. The Morgan fingerprint density at radius 1 is 1.35 bits per heavy atom. The molecule has 23 heavy (non-hydrogen) atoms. The van der Waals surface area contributed by atoms with Crippen molar-refractivity contribution in [2.45, 2.75) is 26.4 Å². The minimum absolute atomic E-state index is 0.227. The summed E-state index contributed by atoms with van der Waals surface area (Å²) < 4.78 is 15.5. The third kappa shape index (κ3) is 4.52. The zero-order valence-electron chi connectivity index (χ0n) is 13.0. The van der Waals surface area contributed by atoms with Gasteiger partial charge in [-0.3, -0.25) is 4.79 Å². The van der Waals surface area contributed by atoms with Crippen LogP contribution in [0, 0.1) is 0 Å². The number of rotatable bonds is 4. The lowest BCUT2D eigenvalue weighted by Crippen LogP contribution is -2.27. The maximum Gasteiger partial charge on any atom is 0.344 e. The highest BCUT2D eigenvalue weighted by Gasteiger charge is 2.16. The van der Waals surface area contributed by atoms with Gasteiger partial charge in [0.05, 0.1) is 5.58 Å². The van der Waals surface area contributed by atoms with E-state index in [1.165, 1.54) is 6.07 Å². The van der Waals surface area contributed by atoms with Crippen molar-refractivity contribution in [2.75, 3.05) is 6.61 Å². The summed E-state index contributed by atoms with van der Waals surface area (Å²) in [4.78, 5) is 25.9. The van der Waals surface area contributed by atoms with E-state index in [4.69, 9.17) is 19.4 Å². The lowest BCUT2D eigenvalue weighted by Gasteiger charge is -2.19. The van der Waals surface area contributed by atoms with Crippen molar-refractivity contribution in [2.24, 2.45) is 0 Å². The molecule has 7 nitrogen and oxygen atoms in total. The summed E-state index contributed by atoms with van der Waals surface area (Å²) in [7, 11) is 0. The third-order valence-electron chi connectivity index (χ3n) is 2.66. The van der Waals surface area contributed by atoms with Gasteiger partial charge in [0.25, 0.3) is 5.63 Å². The van der Waals surface area contributed by atoms with E-state index in [0.717, 1.165) is 6.07 Å². The van der Waals surface area contributed by atoms with Crippen LogP contribution in [0.15, 0.2) is 33.5 Å². The number of nitrogens with zero attached hydrogens (tertiary/aromatic N) is 2. The molecule has 0 saturated heterocycles. The lowest BCUT2D eigenvalue weighted by molar-refractivity contribution is -0.157. The second kappa shape index (κ2) is 6.46. The first kappa shape index (κ1) is 16.5. The molecule has 1 aromatic carbocycles. The second-order valence-electron chi connectivity index (χ2n) is 5.72. The second-order valence-corrected chi connectivity index (χ2v) is 5.72. The predicted molar refractivity (Wildman–Crippen MR) is 81.6 cm³/mol. The average Bonchev–Trinajstić information content (AvgIpc) is 2.43. The molecule has 2 rings (SSSR count). The number of benzene rings is 1. The van der Waals surface area contributed by atoms with Crippen LogP contribution in [0.1, 0.15) is 26.3 Å². The van der Waals surface area contributed by atoms with Crippen LogP contribution in [0.4, 0.5) is 0 Å². The van der Waals surface area contributed by atoms with Gasteiger partial charge in [0.15, 0.2) is 6.61 Å². The molecule has 0 amide bonds. The van der Waals surface area contributed by atoms with Gasteiger partial charge in [0.2, 0.25) is 6.21 Å². The van der Waals surface area contributed by atoms with E-state index < -0.39 is 17.2 Å². The molecular weight excluding hydrogens is 300 g/mol. The molecule has 2 aromatic rings. The van der Waals surface area contributed by atoms with Gasteiger partial charge < -0.3 is 19.4 Å². The first-order valence-electron chi connectivity index (χ1n) is 6.81. The van der Waals surface area contributed by atoms with Gasteiger partial charge in [-0.05, 0) is 26.8 Å². The van der Waals surface area contributed by atoms with Gasteiger partial charge in [0, 0.05) is 6.07 Å². The summed E-state index contributed by atoms with van der Waals surface area (Å²) in [5, 5.41) is 0.520. The van der Waals surface area contributed by atoms with E-state index in [1.807, 2.05) is 0 Å². The van der Waals surface area contributed by atoms with Gasteiger partial charge in [-0.1, -0.05) is 17.0 Å². The van der Waals surface area contributed by atoms with Gasteiger partial charge in [0.1, 0.15) is 11.4 Å². The first-order valence-corrected chi connectivity index (χ1v) is 6.81. The van der Waals surface area contributed by atoms with Crippen LogP contribution in [0.25, 0.3) is 16.5 Å². The van der Waals surface area contributed by atoms with E-state index in [-0.39, 0.29) is 17.8 Å². The molecule has 0 bridgehead atoms. The molecule has 0 spiro atoms. The zero-order chi connectivity index (χ0) is 17.0. The van der Waals surface area contributed by atoms with Crippen molar-refractivity contribution in [3.63, 3.8) is 0 Å². The Hall–Kier alpha value is -2.92. The monoisotopic (exact) mass is 315 g/mol. The van der Waals surface area contributed by atoms with Gasteiger partial charge in [-0.25, -0.2) is 9.58 Å². The van der Waals surface area contributed by atoms with Gasteiger partial charge >= 0.3 is 5.97 Å². The molecule has 0 aliphatic rings. The molecule has 7 heteroatoms. The van der Waals surface area contributed by atoms with Gasteiger partial charge in [-0.15, -0.1) is 6.07 Å². The van der Waals surface area contributed by atoms with E-state index in [2.05, 4.69) is 11.0 Å². The summed E-state index contributed by atoms with van der Waals surface area (Å²) in [6, 6.07) is 5.82. The maximum absolute atomic E-state index is 11.6. The van der Waals surface area contributed by atoms with Crippen LogP contribution in [-0.2, 0) is 9.53 Å². The largest absolute Gasteiger partial charge is 0.482 e. The SMILES string of the molecule is CC(C)(C)OC(=O)COc1ccc2c([C-]=[N+]=[N-])cc(=O)oc2c1. The van der Waals surface area contributed by atoms with E-state index in [1.54, 1.807) is 32.9 Å². The van der Waals surface area contributed by atoms with Crippen molar-refractivity contribution >= 4 is 23.2 Å². The molecule has 0 N–H and O–H groups in total. The Kier molecular flexibility index (Phi) is 4.62. The number of ether oxygens (including phenoxy) is 2. The fraction of sp³-hybridized carbons (Fsp3) is 0.312. The topological polar surface area (TPSA) is 102 Å². The molecule has 0 unspecified atom stereocenters. The highest BCUT2D eigenvalue weighted by atomic mass is 16.6. The van der Waals surface area contributed by atoms with Crippen LogP contribution in [0.3, 0.4) is 0 Å². The first-order chi connectivity index (χ1) is 10.8. The number of carbonyl (C=O) groups excluding carboxylic acids is 1. The van der Waals surface area contributed by atoms with Crippen LogP contribution in [0.5, 0.6) is 5.75 Å². The van der Waals surface area contributed by atoms with E-state index in [0.29, 0.717) is 11.1 Å². The molecule has 0 radical (unpaired) electrons. The summed E-state index contributed by atoms with van der Waals surface area (Å²) >= 11 is 0. The van der Waals surface area contributed by atoms with Gasteiger partial charge in [-0.2, -0.15) is 0 Å². The predicted octanol–water partition coefficient (Wildman–Crippen LogP) is 2.04. The molecule has 0 fully saturated rings. The Balaban J connectivity index is 2.22. The van der Waals surface area contributed by atoms with Crippen molar-refractivity contribution in [1.82, 2.24) is 0 Å². The van der Waals surface area contributed by atoms with Crippen LogP contribution in [-0.4, -0.2) is 29.2 Å². The standard InChI is InChI=1S/C16H15N2O5/c1-16(2,3)23-15(20)9-21-11-4-5-12-10(8-18-17)6-14(19)22-13(12)7-11/h4-7H,9H2,1-3H3/q-1. The molecule has 0 saturated carbocycles. The van der Waals surface area contributed by atoms with Crippen LogP contribution in [0.2, 0.25) is 0 Å². The number of hydrogen-bond acceptors (Lipinski definition) is 5. The molecule has 1 heterocycles. The molecule has 1 aromatic heterocycles. The normalized spacial score (nSPS) is 10.9. The fourth-order valence-electron chi connectivity index (χ4n) is 1.89. The molecular formula is C16H15N2O5-. The summed E-state index contributed by atoms with van der Waals surface area (Å²) in [5.41, 5.74) is 7.87. The number of fused-ring (bicyclic) bond motifs is 1. The Morgan fingerprint density at radius 3 is 2.74 bits per heavy atom. The lowest BCUT2D eigenvalue weighted by atomic mass is 10.1. The number of esters is 1. The smallest absolute Gasteiger partial charge is 0.344 e. The number of hydrogen-bond donors (Lipinski definition) is 0. The van der Waals surface area contributed by atoms with Crippen molar-refractivity contribution in [3.05, 3.63) is 45.8 Å². The van der Waals surface area contributed by atoms with Crippen LogP contribution < -0.4 is 10.4 Å². The number of carbonyl (C=O) groups is 1. The van der Waals surface area contributed by atoms with Crippen LogP contribution >= 0.6 is 0 Å². The Labute approximate surface area is 132 Å². The average molecular weight is 315 g/mol. The molecule has 0 aliphatic heterocycles. The summed E-state index contributed by atoms with van der Waals surface area (Å²) in [6.45, 7) is 5.01. The molecule has 120 valence electrons.